The van der Waals surface area contributed by atoms with E-state index in [4.69, 9.17) is 0 Å². The summed E-state index contributed by atoms with van der Waals surface area (Å²) in [6, 6.07) is 7.32. The number of carbonyl (C=O) groups is 1. The number of amides is 1. The fraction of sp³-hybridized carbons (Fsp3) is 0.533. The van der Waals surface area contributed by atoms with Gasteiger partial charge in [-0.2, -0.15) is 4.31 Å². The molecule has 0 bridgehead atoms. The standard InChI is InChI=1S/C15H24N2O3S/c1-5-12(3)17(21(4,19)20)11-15(18)16-14-10-8-7-9-13(14)6-2/h7-10,12H,5-6,11H2,1-4H3,(H,16,18). The Morgan fingerprint density at radius 2 is 1.90 bits per heavy atom. The summed E-state index contributed by atoms with van der Waals surface area (Å²) in [7, 11) is -3.41. The molecule has 118 valence electrons. The number of carbonyl (C=O) groups excluding carboxylic acids is 1. The smallest absolute Gasteiger partial charge is 0.239 e. The van der Waals surface area contributed by atoms with E-state index in [1.165, 1.54) is 4.31 Å². The molecule has 1 aromatic rings. The molecular formula is C15H24N2O3S. The van der Waals surface area contributed by atoms with Crippen LogP contribution in [0, 0.1) is 0 Å². The van der Waals surface area contributed by atoms with Gasteiger partial charge in [0.15, 0.2) is 0 Å². The molecule has 0 aliphatic heterocycles. The Bertz CT molecular complexity index is 584. The Morgan fingerprint density at radius 3 is 2.43 bits per heavy atom. The first-order valence-corrected chi connectivity index (χ1v) is 8.99. The van der Waals surface area contributed by atoms with Gasteiger partial charge in [-0.25, -0.2) is 8.42 Å². The number of para-hydroxylation sites is 1. The van der Waals surface area contributed by atoms with Gasteiger partial charge in [-0.3, -0.25) is 4.79 Å². The van der Waals surface area contributed by atoms with Crippen LogP contribution >= 0.6 is 0 Å². The molecule has 0 fully saturated rings. The number of sulfonamides is 1. The van der Waals surface area contributed by atoms with Gasteiger partial charge in [-0.05, 0) is 31.4 Å². The molecule has 0 aliphatic rings. The number of nitrogens with one attached hydrogen (secondary N) is 1. The van der Waals surface area contributed by atoms with Crippen LogP contribution in [0.2, 0.25) is 0 Å². The highest BCUT2D eigenvalue weighted by Gasteiger charge is 2.24. The van der Waals surface area contributed by atoms with Crippen molar-refractivity contribution in [2.24, 2.45) is 0 Å². The van der Waals surface area contributed by atoms with Crippen LogP contribution in [-0.4, -0.2) is 37.5 Å². The van der Waals surface area contributed by atoms with Gasteiger partial charge < -0.3 is 5.32 Å². The van der Waals surface area contributed by atoms with E-state index in [9.17, 15) is 13.2 Å². The third-order valence-corrected chi connectivity index (χ3v) is 4.82. The fourth-order valence-corrected chi connectivity index (χ4v) is 3.24. The first-order valence-electron chi connectivity index (χ1n) is 7.14. The van der Waals surface area contributed by atoms with Crippen molar-refractivity contribution in [1.29, 1.82) is 0 Å². The normalized spacial score (nSPS) is 13.2. The summed E-state index contributed by atoms with van der Waals surface area (Å²) in [5, 5.41) is 2.80. The predicted octanol–water partition coefficient (Wildman–Crippen LogP) is 2.25. The molecular weight excluding hydrogens is 288 g/mol. The maximum absolute atomic E-state index is 12.1. The average Bonchev–Trinajstić information content (AvgIpc) is 2.43. The van der Waals surface area contributed by atoms with E-state index in [2.05, 4.69) is 5.32 Å². The van der Waals surface area contributed by atoms with Gasteiger partial charge in [0.2, 0.25) is 15.9 Å². The third-order valence-electron chi connectivity index (χ3n) is 3.48. The zero-order valence-corrected chi connectivity index (χ0v) is 13.9. The summed E-state index contributed by atoms with van der Waals surface area (Å²) in [5.41, 5.74) is 1.77. The van der Waals surface area contributed by atoms with Crippen LogP contribution in [0.4, 0.5) is 5.69 Å². The molecule has 0 aromatic heterocycles. The van der Waals surface area contributed by atoms with Crippen LogP contribution in [-0.2, 0) is 21.2 Å². The predicted molar refractivity (Wildman–Crippen MR) is 85.8 cm³/mol. The summed E-state index contributed by atoms with van der Waals surface area (Å²) in [6.45, 7) is 5.54. The highest BCUT2D eigenvalue weighted by atomic mass is 32.2. The summed E-state index contributed by atoms with van der Waals surface area (Å²) in [5.74, 6) is -0.318. The van der Waals surface area contributed by atoms with E-state index in [-0.39, 0.29) is 18.5 Å². The van der Waals surface area contributed by atoms with Crippen molar-refractivity contribution < 1.29 is 13.2 Å². The molecule has 1 rings (SSSR count). The number of nitrogens with zero attached hydrogens (tertiary/aromatic N) is 1. The lowest BCUT2D eigenvalue weighted by atomic mass is 10.1. The lowest BCUT2D eigenvalue weighted by Crippen LogP contribution is -2.42. The molecule has 0 heterocycles. The van der Waals surface area contributed by atoms with E-state index < -0.39 is 10.0 Å². The van der Waals surface area contributed by atoms with Crippen molar-refractivity contribution in [3.63, 3.8) is 0 Å². The van der Waals surface area contributed by atoms with E-state index in [1.54, 1.807) is 6.92 Å². The summed E-state index contributed by atoms with van der Waals surface area (Å²) < 4.78 is 24.8. The number of hydrogen-bond donors (Lipinski definition) is 1. The lowest BCUT2D eigenvalue weighted by molar-refractivity contribution is -0.116. The van der Waals surface area contributed by atoms with Crippen molar-refractivity contribution in [3.8, 4) is 0 Å². The minimum absolute atomic E-state index is 0.161. The Morgan fingerprint density at radius 1 is 1.29 bits per heavy atom. The number of hydrogen-bond acceptors (Lipinski definition) is 3. The monoisotopic (exact) mass is 312 g/mol. The fourth-order valence-electron chi connectivity index (χ4n) is 2.09. The first-order chi connectivity index (χ1) is 9.79. The van der Waals surface area contributed by atoms with Gasteiger partial charge >= 0.3 is 0 Å². The molecule has 0 spiro atoms. The molecule has 0 radical (unpaired) electrons. The quantitative estimate of drug-likeness (QED) is 0.839. The topological polar surface area (TPSA) is 66.5 Å². The van der Waals surface area contributed by atoms with Crippen molar-refractivity contribution >= 4 is 21.6 Å². The Labute approximate surface area is 127 Å². The van der Waals surface area contributed by atoms with Gasteiger partial charge in [0.25, 0.3) is 0 Å². The maximum atomic E-state index is 12.1. The minimum atomic E-state index is -3.41. The van der Waals surface area contributed by atoms with Crippen LogP contribution in [0.3, 0.4) is 0 Å². The average molecular weight is 312 g/mol. The molecule has 0 aliphatic carbocycles. The van der Waals surface area contributed by atoms with Crippen molar-refractivity contribution in [2.75, 3.05) is 18.1 Å². The third kappa shape index (κ3) is 5.13. The maximum Gasteiger partial charge on any atom is 0.239 e. The van der Waals surface area contributed by atoms with Gasteiger partial charge in [0, 0.05) is 11.7 Å². The first kappa shape index (κ1) is 17.7. The number of benzene rings is 1. The van der Waals surface area contributed by atoms with E-state index >= 15 is 0 Å². The molecule has 1 aromatic carbocycles. The SMILES string of the molecule is CCc1ccccc1NC(=O)CN(C(C)CC)S(C)(=O)=O. The van der Waals surface area contributed by atoms with Crippen LogP contribution in [0.25, 0.3) is 0 Å². The second-order valence-electron chi connectivity index (χ2n) is 5.12. The largest absolute Gasteiger partial charge is 0.325 e. The molecule has 6 heteroatoms. The second kappa shape index (κ2) is 7.56. The highest BCUT2D eigenvalue weighted by Crippen LogP contribution is 2.16. The van der Waals surface area contributed by atoms with Crippen molar-refractivity contribution in [3.05, 3.63) is 29.8 Å². The summed E-state index contributed by atoms with van der Waals surface area (Å²) in [4.78, 5) is 12.1. The molecule has 1 amide bonds. The van der Waals surface area contributed by atoms with Crippen LogP contribution < -0.4 is 5.32 Å². The van der Waals surface area contributed by atoms with E-state index in [0.717, 1.165) is 23.9 Å². The number of anilines is 1. The molecule has 1 atom stereocenters. The lowest BCUT2D eigenvalue weighted by Gasteiger charge is -2.25. The van der Waals surface area contributed by atoms with Crippen LogP contribution in [0.1, 0.15) is 32.8 Å². The Kier molecular flexibility index (Phi) is 6.36. The molecule has 21 heavy (non-hydrogen) atoms. The summed E-state index contributed by atoms with van der Waals surface area (Å²) >= 11 is 0. The van der Waals surface area contributed by atoms with Crippen molar-refractivity contribution in [2.45, 2.75) is 39.7 Å². The molecule has 1 unspecified atom stereocenters. The number of aryl methyl sites for hydroxylation is 1. The Hall–Kier alpha value is -1.40. The van der Waals surface area contributed by atoms with Crippen LogP contribution in [0.15, 0.2) is 24.3 Å². The zero-order valence-electron chi connectivity index (χ0n) is 13.1. The molecule has 0 saturated heterocycles. The van der Waals surface area contributed by atoms with Crippen molar-refractivity contribution in [1.82, 2.24) is 4.31 Å². The highest BCUT2D eigenvalue weighted by molar-refractivity contribution is 7.88. The van der Waals surface area contributed by atoms with E-state index in [1.807, 2.05) is 38.1 Å². The van der Waals surface area contributed by atoms with Gasteiger partial charge in [0.05, 0.1) is 12.8 Å². The Balaban J connectivity index is 2.84. The molecule has 5 nitrogen and oxygen atoms in total. The summed E-state index contributed by atoms with van der Waals surface area (Å²) in [6.07, 6.45) is 2.59. The number of rotatable bonds is 7. The van der Waals surface area contributed by atoms with E-state index in [0.29, 0.717) is 6.42 Å². The zero-order chi connectivity index (χ0) is 16.0. The van der Waals surface area contributed by atoms with Gasteiger partial charge in [0.1, 0.15) is 0 Å². The molecule has 0 saturated carbocycles. The van der Waals surface area contributed by atoms with Gasteiger partial charge in [-0.1, -0.05) is 32.0 Å². The van der Waals surface area contributed by atoms with Gasteiger partial charge in [-0.15, -0.1) is 0 Å². The molecule has 1 N–H and O–H groups in total. The second-order valence-corrected chi connectivity index (χ2v) is 7.06. The minimum Gasteiger partial charge on any atom is -0.325 e. The van der Waals surface area contributed by atoms with Crippen LogP contribution in [0.5, 0.6) is 0 Å².